The number of thiocarbonyl (C=S) groups is 1. The number of benzene rings is 2. The van der Waals surface area contributed by atoms with Crippen molar-refractivity contribution in [2.75, 3.05) is 5.32 Å². The van der Waals surface area contributed by atoms with E-state index in [4.69, 9.17) is 12.2 Å². The van der Waals surface area contributed by atoms with Crippen LogP contribution in [0.3, 0.4) is 0 Å². The molecule has 2 aromatic rings. The zero-order chi connectivity index (χ0) is 16.7. The minimum Gasteiger partial charge on any atom is -0.331 e. The smallest absolute Gasteiger partial charge is 0.191 e. The van der Waals surface area contributed by atoms with Crippen LogP contribution in [0.1, 0.15) is 36.5 Å². The fourth-order valence-electron chi connectivity index (χ4n) is 2.27. The first-order valence-electron chi connectivity index (χ1n) is 7.86. The van der Waals surface area contributed by atoms with Crippen LogP contribution in [0.2, 0.25) is 0 Å². The van der Waals surface area contributed by atoms with Crippen molar-refractivity contribution in [3.05, 3.63) is 65.2 Å². The van der Waals surface area contributed by atoms with E-state index in [-0.39, 0.29) is 0 Å². The van der Waals surface area contributed by atoms with Crippen LogP contribution in [-0.2, 0) is 0 Å². The highest BCUT2D eigenvalue weighted by Gasteiger charge is 2.04. The highest BCUT2D eigenvalue weighted by Crippen LogP contribution is 2.16. The van der Waals surface area contributed by atoms with E-state index >= 15 is 0 Å². The Balaban J connectivity index is 2.07. The maximum atomic E-state index is 5.36. The van der Waals surface area contributed by atoms with Gasteiger partial charge in [-0.15, -0.1) is 0 Å². The molecular weight excluding hydrogens is 302 g/mol. The molecule has 23 heavy (non-hydrogen) atoms. The minimum absolute atomic E-state index is 0.503. The number of anilines is 1. The van der Waals surface area contributed by atoms with Gasteiger partial charge in [0.15, 0.2) is 5.11 Å². The van der Waals surface area contributed by atoms with Crippen LogP contribution < -0.4 is 10.7 Å². The molecule has 0 fully saturated rings. The van der Waals surface area contributed by atoms with Gasteiger partial charge < -0.3 is 5.32 Å². The van der Waals surface area contributed by atoms with E-state index in [2.05, 4.69) is 66.9 Å². The SMILES string of the molecule is CCCC(=NNC(=S)Nc1cc(C)ccc1C)c1ccccc1. The third kappa shape index (κ3) is 5.18. The maximum Gasteiger partial charge on any atom is 0.191 e. The van der Waals surface area contributed by atoms with Crippen molar-refractivity contribution in [3.8, 4) is 0 Å². The van der Waals surface area contributed by atoms with E-state index in [0.29, 0.717) is 5.11 Å². The Morgan fingerprint density at radius 1 is 1.09 bits per heavy atom. The molecule has 0 bridgehead atoms. The van der Waals surface area contributed by atoms with E-state index < -0.39 is 0 Å². The Morgan fingerprint density at radius 2 is 1.83 bits per heavy atom. The van der Waals surface area contributed by atoms with E-state index in [1.54, 1.807) is 0 Å². The van der Waals surface area contributed by atoms with Crippen LogP contribution in [0.15, 0.2) is 53.6 Å². The molecule has 0 radical (unpaired) electrons. The summed E-state index contributed by atoms with van der Waals surface area (Å²) in [6.07, 6.45) is 1.94. The molecule has 4 heteroatoms. The highest BCUT2D eigenvalue weighted by molar-refractivity contribution is 7.80. The van der Waals surface area contributed by atoms with Gasteiger partial charge in [0, 0.05) is 5.69 Å². The first-order valence-corrected chi connectivity index (χ1v) is 8.27. The van der Waals surface area contributed by atoms with Gasteiger partial charge in [-0.1, -0.05) is 55.8 Å². The highest BCUT2D eigenvalue weighted by atomic mass is 32.1. The van der Waals surface area contributed by atoms with Gasteiger partial charge in [-0.2, -0.15) is 5.10 Å². The lowest BCUT2D eigenvalue weighted by Crippen LogP contribution is -2.25. The van der Waals surface area contributed by atoms with Gasteiger partial charge in [-0.3, -0.25) is 5.43 Å². The second-order valence-electron chi connectivity index (χ2n) is 5.56. The molecule has 2 rings (SSSR count). The van der Waals surface area contributed by atoms with Crippen LogP contribution >= 0.6 is 12.2 Å². The van der Waals surface area contributed by atoms with Crippen molar-refractivity contribution in [1.82, 2.24) is 5.43 Å². The molecule has 0 amide bonds. The van der Waals surface area contributed by atoms with Crippen LogP contribution in [-0.4, -0.2) is 10.8 Å². The summed E-state index contributed by atoms with van der Waals surface area (Å²) in [6, 6.07) is 16.4. The molecule has 0 heterocycles. The molecule has 0 aliphatic carbocycles. The number of nitrogens with zero attached hydrogens (tertiary/aromatic N) is 1. The van der Waals surface area contributed by atoms with Crippen molar-refractivity contribution < 1.29 is 0 Å². The minimum atomic E-state index is 0.503. The maximum absolute atomic E-state index is 5.36. The predicted molar refractivity (Wildman–Crippen MR) is 103 cm³/mol. The molecule has 0 aromatic heterocycles. The zero-order valence-corrected chi connectivity index (χ0v) is 14.7. The standard InChI is InChI=1S/C19H23N3S/c1-4-8-17(16-9-6-5-7-10-16)21-22-19(23)20-18-13-14(2)11-12-15(18)3/h5-7,9-13H,4,8H2,1-3H3,(H2,20,22,23). The summed E-state index contributed by atoms with van der Waals surface area (Å²) < 4.78 is 0. The molecule has 2 N–H and O–H groups in total. The predicted octanol–water partition coefficient (Wildman–Crippen LogP) is 4.79. The third-order valence-electron chi connectivity index (χ3n) is 3.53. The largest absolute Gasteiger partial charge is 0.331 e. The van der Waals surface area contributed by atoms with E-state index in [1.807, 2.05) is 18.2 Å². The van der Waals surface area contributed by atoms with E-state index in [0.717, 1.165) is 35.4 Å². The summed E-state index contributed by atoms with van der Waals surface area (Å²) in [7, 11) is 0. The Hall–Kier alpha value is -2.20. The molecule has 0 aliphatic rings. The Kier molecular flexibility index (Phi) is 6.29. The van der Waals surface area contributed by atoms with Crippen molar-refractivity contribution in [3.63, 3.8) is 0 Å². The summed E-state index contributed by atoms with van der Waals surface area (Å²) in [4.78, 5) is 0. The summed E-state index contributed by atoms with van der Waals surface area (Å²) in [6.45, 7) is 6.26. The topological polar surface area (TPSA) is 36.4 Å². The van der Waals surface area contributed by atoms with Crippen molar-refractivity contribution in [1.29, 1.82) is 0 Å². The number of hydrazone groups is 1. The van der Waals surface area contributed by atoms with Crippen LogP contribution in [0.4, 0.5) is 5.69 Å². The molecule has 0 saturated carbocycles. The second-order valence-corrected chi connectivity index (χ2v) is 5.97. The van der Waals surface area contributed by atoms with Gasteiger partial charge in [-0.25, -0.2) is 0 Å². The normalized spacial score (nSPS) is 11.2. The van der Waals surface area contributed by atoms with Crippen molar-refractivity contribution in [2.24, 2.45) is 5.10 Å². The molecule has 0 unspecified atom stereocenters. The molecular formula is C19H23N3S. The number of hydrogen-bond acceptors (Lipinski definition) is 2. The lowest BCUT2D eigenvalue weighted by atomic mass is 10.1. The van der Waals surface area contributed by atoms with Crippen LogP contribution in [0.25, 0.3) is 0 Å². The van der Waals surface area contributed by atoms with Crippen LogP contribution in [0.5, 0.6) is 0 Å². The Labute approximate surface area is 143 Å². The van der Waals surface area contributed by atoms with Crippen molar-refractivity contribution in [2.45, 2.75) is 33.6 Å². The molecule has 0 saturated heterocycles. The van der Waals surface area contributed by atoms with Crippen LogP contribution in [0, 0.1) is 13.8 Å². The van der Waals surface area contributed by atoms with Gasteiger partial charge in [-0.05, 0) is 55.2 Å². The van der Waals surface area contributed by atoms with Gasteiger partial charge in [0.25, 0.3) is 0 Å². The van der Waals surface area contributed by atoms with E-state index in [1.165, 1.54) is 5.56 Å². The summed E-state index contributed by atoms with van der Waals surface area (Å²) in [5.41, 5.74) is 8.46. The number of nitrogens with one attached hydrogen (secondary N) is 2. The van der Waals surface area contributed by atoms with Gasteiger partial charge in [0.05, 0.1) is 5.71 Å². The molecule has 120 valence electrons. The number of hydrogen-bond donors (Lipinski definition) is 2. The molecule has 2 aromatic carbocycles. The molecule has 0 spiro atoms. The average Bonchev–Trinajstić information content (AvgIpc) is 2.55. The quantitative estimate of drug-likeness (QED) is 0.471. The first-order chi connectivity index (χ1) is 11.1. The zero-order valence-electron chi connectivity index (χ0n) is 13.9. The molecule has 0 atom stereocenters. The summed E-state index contributed by atoms with van der Waals surface area (Å²) in [5.74, 6) is 0. The second kappa shape index (κ2) is 8.44. The summed E-state index contributed by atoms with van der Waals surface area (Å²) >= 11 is 5.36. The fraction of sp³-hybridized carbons (Fsp3) is 0.263. The van der Waals surface area contributed by atoms with Gasteiger partial charge in [0.2, 0.25) is 0 Å². The van der Waals surface area contributed by atoms with Crippen molar-refractivity contribution >= 4 is 28.7 Å². The number of aryl methyl sites for hydroxylation is 2. The Morgan fingerprint density at radius 3 is 2.52 bits per heavy atom. The van der Waals surface area contributed by atoms with Gasteiger partial charge >= 0.3 is 0 Å². The molecule has 3 nitrogen and oxygen atoms in total. The number of rotatable bonds is 5. The monoisotopic (exact) mass is 325 g/mol. The molecule has 0 aliphatic heterocycles. The summed E-state index contributed by atoms with van der Waals surface area (Å²) in [5, 5.41) is 8.21. The van der Waals surface area contributed by atoms with E-state index in [9.17, 15) is 0 Å². The average molecular weight is 325 g/mol. The fourth-order valence-corrected chi connectivity index (χ4v) is 2.43. The Bertz CT molecular complexity index is 693. The third-order valence-corrected chi connectivity index (χ3v) is 3.72. The lowest BCUT2D eigenvalue weighted by molar-refractivity contribution is 0.954. The van der Waals surface area contributed by atoms with Gasteiger partial charge in [0.1, 0.15) is 0 Å². The lowest BCUT2D eigenvalue weighted by Gasteiger charge is -2.12. The first kappa shape index (κ1) is 17.2.